The number of carbonyl (C=O) groups excluding carboxylic acids is 2. The molecule has 0 aliphatic heterocycles. The molecule has 6 nitrogen and oxygen atoms in total. The molecule has 0 spiro atoms. The van der Waals surface area contributed by atoms with Gasteiger partial charge in [-0.3, -0.25) is 9.59 Å². The molecule has 0 fully saturated rings. The second-order valence-corrected chi connectivity index (χ2v) is 4.27. The smallest absolute Gasteiger partial charge is 0.241 e. The van der Waals surface area contributed by atoms with Crippen LogP contribution in [0.5, 0.6) is 0 Å². The van der Waals surface area contributed by atoms with Crippen molar-refractivity contribution >= 4 is 11.8 Å². The highest BCUT2D eigenvalue weighted by molar-refractivity contribution is 5.83. The summed E-state index contributed by atoms with van der Waals surface area (Å²) in [5, 5.41) is 5.32. The zero-order valence-electron chi connectivity index (χ0n) is 11.6. The number of rotatable bonds is 8. The molecule has 6 heteroatoms. The molecule has 0 bridgehead atoms. The number of hydrogen-bond acceptors (Lipinski definition) is 4. The Labute approximate surface area is 118 Å². The second kappa shape index (κ2) is 9.06. The highest BCUT2D eigenvalue weighted by atomic mass is 16.5. The fraction of sp³-hybridized carbons (Fsp3) is 0.429. The monoisotopic (exact) mass is 279 g/mol. The number of nitrogens with two attached hydrogens (primary N) is 1. The Balaban J connectivity index is 2.24. The largest absolute Gasteiger partial charge is 0.383 e. The molecule has 20 heavy (non-hydrogen) atoms. The van der Waals surface area contributed by atoms with Gasteiger partial charge in [0.2, 0.25) is 11.8 Å². The molecule has 0 radical (unpaired) electrons. The van der Waals surface area contributed by atoms with Gasteiger partial charge < -0.3 is 21.1 Å². The predicted octanol–water partition coefficient (Wildman–Crippen LogP) is -0.0447. The van der Waals surface area contributed by atoms with Gasteiger partial charge in [-0.05, 0) is 5.56 Å². The normalized spacial score (nSPS) is 11.7. The first kappa shape index (κ1) is 16.1. The average molecular weight is 279 g/mol. The van der Waals surface area contributed by atoms with Gasteiger partial charge in [-0.25, -0.2) is 0 Å². The number of amides is 2. The van der Waals surface area contributed by atoms with Crippen LogP contribution < -0.4 is 16.4 Å². The van der Waals surface area contributed by atoms with Crippen LogP contribution in [-0.4, -0.2) is 38.6 Å². The number of nitrogens with one attached hydrogen (secondary N) is 2. The Morgan fingerprint density at radius 1 is 1.20 bits per heavy atom. The van der Waals surface area contributed by atoms with Gasteiger partial charge in [0.05, 0.1) is 6.61 Å². The van der Waals surface area contributed by atoms with Crippen LogP contribution in [0.2, 0.25) is 0 Å². The molecule has 0 aliphatic carbocycles. The third kappa shape index (κ3) is 5.81. The molecule has 0 aromatic heterocycles. The average Bonchev–Trinajstić information content (AvgIpc) is 2.47. The van der Waals surface area contributed by atoms with Crippen LogP contribution in [0, 0.1) is 0 Å². The van der Waals surface area contributed by atoms with Gasteiger partial charge in [-0.2, -0.15) is 0 Å². The van der Waals surface area contributed by atoms with Gasteiger partial charge in [0.25, 0.3) is 0 Å². The Morgan fingerprint density at radius 3 is 2.55 bits per heavy atom. The van der Waals surface area contributed by atoms with Crippen molar-refractivity contribution < 1.29 is 14.3 Å². The van der Waals surface area contributed by atoms with E-state index in [0.717, 1.165) is 5.56 Å². The first-order chi connectivity index (χ1) is 9.65. The molecule has 4 N–H and O–H groups in total. The van der Waals surface area contributed by atoms with Crippen molar-refractivity contribution in [2.75, 3.05) is 26.8 Å². The highest BCUT2D eigenvalue weighted by Gasteiger charge is 2.14. The maximum absolute atomic E-state index is 11.8. The van der Waals surface area contributed by atoms with E-state index in [-0.39, 0.29) is 24.8 Å². The summed E-state index contributed by atoms with van der Waals surface area (Å²) in [6, 6.07) is 8.38. The van der Waals surface area contributed by atoms with Crippen molar-refractivity contribution in [3.63, 3.8) is 0 Å². The van der Waals surface area contributed by atoms with E-state index in [9.17, 15) is 9.59 Å². The van der Waals surface area contributed by atoms with Crippen molar-refractivity contribution in [3.8, 4) is 0 Å². The molecular weight excluding hydrogens is 258 g/mol. The van der Waals surface area contributed by atoms with Crippen LogP contribution in [0.25, 0.3) is 0 Å². The Bertz CT molecular complexity index is 423. The minimum atomic E-state index is -0.715. The summed E-state index contributed by atoms with van der Waals surface area (Å²) in [5.74, 6) is -0.420. The van der Waals surface area contributed by atoms with Crippen molar-refractivity contribution in [1.29, 1.82) is 0 Å². The summed E-state index contributed by atoms with van der Waals surface area (Å²) >= 11 is 0. The van der Waals surface area contributed by atoms with Crippen molar-refractivity contribution in [2.24, 2.45) is 5.73 Å². The summed E-state index contributed by atoms with van der Waals surface area (Å²) < 4.78 is 4.81. The maximum Gasteiger partial charge on any atom is 0.241 e. The first-order valence-corrected chi connectivity index (χ1v) is 6.49. The van der Waals surface area contributed by atoms with Crippen LogP contribution in [-0.2, 0) is 14.3 Å². The summed E-state index contributed by atoms with van der Waals surface area (Å²) in [6.45, 7) is 1.20. The van der Waals surface area contributed by atoms with Gasteiger partial charge in [0, 0.05) is 26.6 Å². The number of ether oxygens (including phenoxy) is 1. The standard InChI is InChI=1S/C14H21N3O3/c1-20-10-9-16-12(18)7-8-17-14(19)13(15)11-5-3-2-4-6-11/h2-6,13H,7-10,15H2,1H3,(H,16,18)(H,17,19). The Morgan fingerprint density at radius 2 is 1.90 bits per heavy atom. The van der Waals surface area contributed by atoms with E-state index >= 15 is 0 Å². The summed E-state index contributed by atoms with van der Waals surface area (Å²) in [7, 11) is 1.57. The van der Waals surface area contributed by atoms with Crippen LogP contribution in [0.4, 0.5) is 0 Å². The van der Waals surface area contributed by atoms with Crippen LogP contribution in [0.3, 0.4) is 0 Å². The second-order valence-electron chi connectivity index (χ2n) is 4.27. The zero-order chi connectivity index (χ0) is 14.8. The van der Waals surface area contributed by atoms with E-state index in [0.29, 0.717) is 13.2 Å². The quantitative estimate of drug-likeness (QED) is 0.582. The summed E-state index contributed by atoms with van der Waals surface area (Å²) in [5.41, 5.74) is 6.57. The topological polar surface area (TPSA) is 93.5 Å². The lowest BCUT2D eigenvalue weighted by Crippen LogP contribution is -2.37. The molecule has 110 valence electrons. The zero-order valence-corrected chi connectivity index (χ0v) is 11.6. The van der Waals surface area contributed by atoms with E-state index < -0.39 is 6.04 Å². The number of hydrogen-bond donors (Lipinski definition) is 3. The molecule has 1 aromatic rings. The lowest BCUT2D eigenvalue weighted by Gasteiger charge is -2.12. The fourth-order valence-corrected chi connectivity index (χ4v) is 1.60. The molecule has 0 heterocycles. The molecular formula is C14H21N3O3. The minimum Gasteiger partial charge on any atom is -0.383 e. The Hall–Kier alpha value is -1.92. The molecule has 0 saturated heterocycles. The van der Waals surface area contributed by atoms with Crippen molar-refractivity contribution in [2.45, 2.75) is 12.5 Å². The van der Waals surface area contributed by atoms with Crippen molar-refractivity contribution in [1.82, 2.24) is 10.6 Å². The van der Waals surface area contributed by atoms with Gasteiger partial charge >= 0.3 is 0 Å². The minimum absolute atomic E-state index is 0.129. The molecule has 1 aromatic carbocycles. The first-order valence-electron chi connectivity index (χ1n) is 6.49. The molecule has 2 amide bonds. The molecule has 1 rings (SSSR count). The van der Waals surface area contributed by atoms with Gasteiger partial charge in [-0.15, -0.1) is 0 Å². The molecule has 0 aliphatic rings. The molecule has 1 atom stereocenters. The van der Waals surface area contributed by atoms with Gasteiger partial charge in [-0.1, -0.05) is 30.3 Å². The summed E-state index contributed by atoms with van der Waals surface area (Å²) in [6.07, 6.45) is 0.219. The molecule has 1 unspecified atom stereocenters. The van der Waals surface area contributed by atoms with Crippen LogP contribution in [0.1, 0.15) is 18.0 Å². The lowest BCUT2D eigenvalue weighted by atomic mass is 10.1. The number of carbonyl (C=O) groups is 2. The summed E-state index contributed by atoms with van der Waals surface area (Å²) in [4.78, 5) is 23.2. The van der Waals surface area contributed by atoms with E-state index in [1.807, 2.05) is 18.2 Å². The van der Waals surface area contributed by atoms with Gasteiger partial charge in [0.15, 0.2) is 0 Å². The molecule has 0 saturated carbocycles. The van der Waals surface area contributed by atoms with E-state index in [4.69, 9.17) is 10.5 Å². The van der Waals surface area contributed by atoms with Crippen LogP contribution in [0.15, 0.2) is 30.3 Å². The number of benzene rings is 1. The van der Waals surface area contributed by atoms with E-state index in [1.54, 1.807) is 19.2 Å². The fourth-order valence-electron chi connectivity index (χ4n) is 1.60. The van der Waals surface area contributed by atoms with Crippen molar-refractivity contribution in [3.05, 3.63) is 35.9 Å². The van der Waals surface area contributed by atoms with Gasteiger partial charge in [0.1, 0.15) is 6.04 Å². The van der Waals surface area contributed by atoms with E-state index in [1.165, 1.54) is 0 Å². The highest BCUT2D eigenvalue weighted by Crippen LogP contribution is 2.08. The van der Waals surface area contributed by atoms with Crippen LogP contribution >= 0.6 is 0 Å². The lowest BCUT2D eigenvalue weighted by molar-refractivity contribution is -0.123. The Kier molecular flexibility index (Phi) is 7.31. The predicted molar refractivity (Wildman–Crippen MR) is 75.9 cm³/mol. The third-order valence-electron chi connectivity index (χ3n) is 2.72. The number of methoxy groups -OCH3 is 1. The van der Waals surface area contributed by atoms with E-state index in [2.05, 4.69) is 10.6 Å². The maximum atomic E-state index is 11.8. The third-order valence-corrected chi connectivity index (χ3v) is 2.72. The SMILES string of the molecule is COCCNC(=O)CCNC(=O)C(N)c1ccccc1.